The van der Waals surface area contributed by atoms with E-state index in [1.54, 1.807) is 6.92 Å². The summed E-state index contributed by atoms with van der Waals surface area (Å²) in [5.41, 5.74) is 5.03. The van der Waals surface area contributed by atoms with E-state index in [1.165, 1.54) is 11.0 Å². The largest absolute Gasteiger partial charge is 0.394 e. The van der Waals surface area contributed by atoms with Gasteiger partial charge < -0.3 is 20.7 Å². The van der Waals surface area contributed by atoms with Crippen molar-refractivity contribution in [3.8, 4) is 0 Å². The Morgan fingerprint density at radius 2 is 2.41 bits per heavy atom. The SMILES string of the molecule is CC1C(O)C(CO)OC1n1cnc(C(N)=O)n1. The van der Waals surface area contributed by atoms with E-state index in [4.69, 9.17) is 15.6 Å². The number of ether oxygens (including phenoxy) is 1. The summed E-state index contributed by atoms with van der Waals surface area (Å²) >= 11 is 0. The van der Waals surface area contributed by atoms with Crippen molar-refractivity contribution in [2.75, 3.05) is 6.61 Å². The molecule has 8 heteroatoms. The van der Waals surface area contributed by atoms with Gasteiger partial charge in [0.1, 0.15) is 12.4 Å². The van der Waals surface area contributed by atoms with Crippen molar-refractivity contribution in [1.82, 2.24) is 14.8 Å². The number of amides is 1. The molecule has 1 aromatic heterocycles. The van der Waals surface area contributed by atoms with Crippen molar-refractivity contribution >= 4 is 5.91 Å². The second-order valence-electron chi connectivity index (χ2n) is 4.01. The van der Waals surface area contributed by atoms with Crippen LogP contribution in [0, 0.1) is 5.92 Å². The number of primary amides is 1. The summed E-state index contributed by atoms with van der Waals surface area (Å²) in [6.07, 6.45) is -0.696. The number of nitrogens with zero attached hydrogens (tertiary/aromatic N) is 3. The van der Waals surface area contributed by atoms with E-state index in [1.807, 2.05) is 0 Å². The van der Waals surface area contributed by atoms with Crippen LogP contribution in [0.2, 0.25) is 0 Å². The molecule has 1 amide bonds. The molecule has 0 saturated carbocycles. The van der Waals surface area contributed by atoms with Crippen LogP contribution >= 0.6 is 0 Å². The van der Waals surface area contributed by atoms with E-state index in [-0.39, 0.29) is 18.3 Å². The van der Waals surface area contributed by atoms with Gasteiger partial charge in [0.05, 0.1) is 12.7 Å². The summed E-state index contributed by atoms with van der Waals surface area (Å²) < 4.78 is 6.75. The number of nitrogens with two attached hydrogens (primary N) is 1. The number of carbonyl (C=O) groups excluding carboxylic acids is 1. The minimum atomic E-state index is -0.786. The highest BCUT2D eigenvalue weighted by atomic mass is 16.5. The molecule has 0 bridgehead atoms. The Bertz CT molecular complexity index is 421. The Labute approximate surface area is 97.0 Å². The molecule has 0 radical (unpaired) electrons. The van der Waals surface area contributed by atoms with Gasteiger partial charge in [0.25, 0.3) is 5.91 Å². The number of rotatable bonds is 3. The van der Waals surface area contributed by atoms with E-state index < -0.39 is 24.3 Å². The summed E-state index contributed by atoms with van der Waals surface area (Å²) in [5, 5.41) is 22.6. The summed E-state index contributed by atoms with van der Waals surface area (Å²) in [4.78, 5) is 14.6. The van der Waals surface area contributed by atoms with Crippen LogP contribution in [0.15, 0.2) is 6.33 Å². The van der Waals surface area contributed by atoms with Crippen molar-refractivity contribution in [2.45, 2.75) is 25.4 Å². The lowest BCUT2D eigenvalue weighted by Crippen LogP contribution is -2.28. The van der Waals surface area contributed by atoms with E-state index in [2.05, 4.69) is 10.1 Å². The van der Waals surface area contributed by atoms with Crippen LogP contribution in [-0.2, 0) is 4.74 Å². The molecule has 4 N–H and O–H groups in total. The molecule has 2 rings (SSSR count). The fraction of sp³-hybridized carbons (Fsp3) is 0.667. The Hall–Kier alpha value is -1.51. The zero-order chi connectivity index (χ0) is 12.6. The minimum absolute atomic E-state index is 0.109. The molecule has 1 aliphatic heterocycles. The number of aliphatic hydroxyl groups excluding tert-OH is 2. The highest BCUT2D eigenvalue weighted by Crippen LogP contribution is 2.33. The van der Waals surface area contributed by atoms with Crippen LogP contribution in [0.25, 0.3) is 0 Å². The molecular formula is C9H14N4O4. The number of hydrogen-bond acceptors (Lipinski definition) is 6. The Balaban J connectivity index is 2.19. The van der Waals surface area contributed by atoms with Crippen LogP contribution in [-0.4, -0.2) is 49.7 Å². The molecule has 94 valence electrons. The highest BCUT2D eigenvalue weighted by Gasteiger charge is 2.42. The van der Waals surface area contributed by atoms with E-state index in [0.29, 0.717) is 0 Å². The maximum Gasteiger partial charge on any atom is 0.288 e. The molecule has 4 atom stereocenters. The monoisotopic (exact) mass is 242 g/mol. The predicted molar refractivity (Wildman–Crippen MR) is 54.7 cm³/mol. The first kappa shape index (κ1) is 12.0. The quantitative estimate of drug-likeness (QED) is 0.578. The summed E-state index contributed by atoms with van der Waals surface area (Å²) in [6.45, 7) is 1.48. The topological polar surface area (TPSA) is 123 Å². The third kappa shape index (κ3) is 2.02. The van der Waals surface area contributed by atoms with E-state index >= 15 is 0 Å². The predicted octanol–water partition coefficient (Wildman–Crippen LogP) is -1.74. The third-order valence-corrected chi connectivity index (χ3v) is 2.85. The van der Waals surface area contributed by atoms with Crippen molar-refractivity contribution in [3.05, 3.63) is 12.2 Å². The molecule has 0 spiro atoms. The number of aromatic nitrogens is 3. The molecule has 1 saturated heterocycles. The van der Waals surface area contributed by atoms with Gasteiger partial charge >= 0.3 is 0 Å². The van der Waals surface area contributed by atoms with Gasteiger partial charge in [-0.05, 0) is 0 Å². The van der Waals surface area contributed by atoms with Gasteiger partial charge in [0.2, 0.25) is 5.82 Å². The zero-order valence-electron chi connectivity index (χ0n) is 9.22. The molecular weight excluding hydrogens is 228 g/mol. The molecule has 0 aliphatic carbocycles. The highest BCUT2D eigenvalue weighted by molar-refractivity contribution is 5.88. The maximum absolute atomic E-state index is 10.8. The van der Waals surface area contributed by atoms with E-state index in [0.717, 1.165) is 0 Å². The first-order chi connectivity index (χ1) is 8.04. The first-order valence-corrected chi connectivity index (χ1v) is 5.20. The van der Waals surface area contributed by atoms with Gasteiger partial charge in [-0.15, -0.1) is 5.10 Å². The molecule has 17 heavy (non-hydrogen) atoms. The summed E-state index contributed by atoms with van der Waals surface area (Å²) in [6, 6.07) is 0. The second kappa shape index (κ2) is 4.40. The number of carbonyl (C=O) groups is 1. The minimum Gasteiger partial charge on any atom is -0.394 e. The van der Waals surface area contributed by atoms with Crippen molar-refractivity contribution in [2.24, 2.45) is 11.7 Å². The van der Waals surface area contributed by atoms with Gasteiger partial charge in [-0.2, -0.15) is 0 Å². The van der Waals surface area contributed by atoms with Crippen molar-refractivity contribution in [3.63, 3.8) is 0 Å². The molecule has 2 heterocycles. The van der Waals surface area contributed by atoms with E-state index in [9.17, 15) is 9.90 Å². The van der Waals surface area contributed by atoms with Crippen LogP contribution < -0.4 is 5.73 Å². The van der Waals surface area contributed by atoms with Gasteiger partial charge in [-0.1, -0.05) is 6.92 Å². The van der Waals surface area contributed by atoms with Crippen LogP contribution in [0.5, 0.6) is 0 Å². The van der Waals surface area contributed by atoms with Crippen LogP contribution in [0.1, 0.15) is 23.8 Å². The second-order valence-corrected chi connectivity index (χ2v) is 4.01. The molecule has 8 nitrogen and oxygen atoms in total. The lowest BCUT2D eigenvalue weighted by atomic mass is 10.0. The zero-order valence-corrected chi connectivity index (χ0v) is 9.22. The Morgan fingerprint density at radius 3 is 2.88 bits per heavy atom. The molecule has 0 aromatic carbocycles. The smallest absolute Gasteiger partial charge is 0.288 e. The third-order valence-electron chi connectivity index (χ3n) is 2.85. The Morgan fingerprint density at radius 1 is 1.71 bits per heavy atom. The fourth-order valence-corrected chi connectivity index (χ4v) is 1.86. The first-order valence-electron chi connectivity index (χ1n) is 5.20. The normalized spacial score (nSPS) is 32.9. The number of hydrogen-bond donors (Lipinski definition) is 3. The molecule has 4 unspecified atom stereocenters. The maximum atomic E-state index is 10.8. The Kier molecular flexibility index (Phi) is 3.09. The van der Waals surface area contributed by atoms with Gasteiger partial charge in [-0.3, -0.25) is 4.79 Å². The van der Waals surface area contributed by atoms with Gasteiger partial charge in [-0.25, -0.2) is 9.67 Å². The average molecular weight is 242 g/mol. The summed E-state index contributed by atoms with van der Waals surface area (Å²) in [7, 11) is 0. The van der Waals surface area contributed by atoms with Crippen LogP contribution in [0.4, 0.5) is 0 Å². The van der Waals surface area contributed by atoms with Crippen molar-refractivity contribution in [1.29, 1.82) is 0 Å². The van der Waals surface area contributed by atoms with Crippen LogP contribution in [0.3, 0.4) is 0 Å². The summed E-state index contributed by atoms with van der Waals surface area (Å²) in [5.74, 6) is -1.11. The average Bonchev–Trinajstić information content (AvgIpc) is 2.87. The van der Waals surface area contributed by atoms with Crippen molar-refractivity contribution < 1.29 is 19.7 Å². The molecule has 1 fully saturated rings. The standard InChI is InChI=1S/C9H14N4O4/c1-4-6(15)5(2-14)17-9(4)13-3-11-8(12-13)7(10)16/h3-6,9,14-15H,2H2,1H3,(H2,10,16). The van der Waals surface area contributed by atoms with Gasteiger partial charge in [0, 0.05) is 5.92 Å². The van der Waals surface area contributed by atoms with Gasteiger partial charge in [0.15, 0.2) is 6.23 Å². The molecule has 1 aliphatic rings. The lowest BCUT2D eigenvalue weighted by Gasteiger charge is -2.14. The molecule has 1 aromatic rings. The number of aliphatic hydroxyl groups is 2. The lowest BCUT2D eigenvalue weighted by molar-refractivity contribution is -0.0506. The fourth-order valence-electron chi connectivity index (χ4n) is 1.86.